The number of fused-ring (bicyclic) bond motifs is 1. The van der Waals surface area contributed by atoms with Gasteiger partial charge in [0.2, 0.25) is 0 Å². The maximum absolute atomic E-state index is 6.33. The molecule has 5 aliphatic rings. The van der Waals surface area contributed by atoms with Gasteiger partial charge in [-0.25, -0.2) is 0 Å². The van der Waals surface area contributed by atoms with E-state index >= 15 is 0 Å². The number of ether oxygens (including phenoxy) is 2. The van der Waals surface area contributed by atoms with Gasteiger partial charge < -0.3 is 9.47 Å². The normalized spacial score (nSPS) is 35.9. The minimum absolute atomic E-state index is 0.270. The number of piperidine rings is 1. The van der Waals surface area contributed by atoms with Crippen molar-refractivity contribution in [3.05, 3.63) is 59.4 Å². The number of benzene rings is 1. The third-order valence-electron chi connectivity index (χ3n) is 8.15. The highest BCUT2D eigenvalue weighted by Crippen LogP contribution is 2.59. The van der Waals surface area contributed by atoms with Crippen LogP contribution in [0.5, 0.6) is 5.75 Å². The Kier molecular flexibility index (Phi) is 4.39. The van der Waals surface area contributed by atoms with E-state index in [1.807, 2.05) is 6.20 Å². The lowest BCUT2D eigenvalue weighted by Gasteiger charge is -2.55. The number of hydrogen-bond donors (Lipinski definition) is 0. The quantitative estimate of drug-likeness (QED) is 0.748. The van der Waals surface area contributed by atoms with Gasteiger partial charge in [0.25, 0.3) is 0 Å². The van der Waals surface area contributed by atoms with E-state index in [0.717, 1.165) is 24.8 Å². The van der Waals surface area contributed by atoms with Crippen LogP contribution < -0.4 is 4.74 Å². The van der Waals surface area contributed by atoms with Crippen LogP contribution in [-0.2, 0) is 4.74 Å². The van der Waals surface area contributed by atoms with Crippen LogP contribution >= 0.6 is 0 Å². The molecule has 4 heterocycles. The smallest absolute Gasteiger partial charge is 0.118 e. The van der Waals surface area contributed by atoms with Crippen LogP contribution in [-0.4, -0.2) is 36.4 Å². The van der Waals surface area contributed by atoms with Gasteiger partial charge in [0.15, 0.2) is 0 Å². The van der Waals surface area contributed by atoms with E-state index < -0.39 is 0 Å². The van der Waals surface area contributed by atoms with E-state index in [9.17, 15) is 0 Å². The number of pyridine rings is 1. The molecule has 3 fully saturated rings. The molecular weight excluding hydrogens is 360 g/mol. The van der Waals surface area contributed by atoms with Crippen LogP contribution in [0.25, 0.3) is 0 Å². The summed E-state index contributed by atoms with van der Waals surface area (Å²) in [5.41, 5.74) is 4.48. The Morgan fingerprint density at radius 1 is 1.03 bits per heavy atom. The predicted octanol–water partition coefficient (Wildman–Crippen LogP) is 4.88. The second-order valence-electron chi connectivity index (χ2n) is 9.27. The number of hydrogen-bond acceptors (Lipinski definition) is 4. The average Bonchev–Trinajstić information content (AvgIpc) is 3.30. The van der Waals surface area contributed by atoms with E-state index in [2.05, 4.69) is 46.4 Å². The van der Waals surface area contributed by atoms with Crippen molar-refractivity contribution in [3.63, 3.8) is 0 Å². The standard InChI is InChI=1S/C25H30N2O2/c1-28-17-8-6-16(7-9-17)18-4-2-3-5-19(18)21-14-23-22-15-26-11-10-20(22)24(21)25-27(23)12-13-29-25/h6-11,15,18-19,21,23-25H,2-5,12-14H2,1H3/t18-,19+,21?,23-,24-,25?/m0/s1. The predicted molar refractivity (Wildman–Crippen MR) is 112 cm³/mol. The van der Waals surface area contributed by atoms with Crippen LogP contribution in [0.1, 0.15) is 66.7 Å². The van der Waals surface area contributed by atoms with Gasteiger partial charge in [0.1, 0.15) is 12.0 Å². The Balaban J connectivity index is 1.37. The topological polar surface area (TPSA) is 34.6 Å². The van der Waals surface area contributed by atoms with Gasteiger partial charge in [0, 0.05) is 30.9 Å². The van der Waals surface area contributed by atoms with E-state index in [1.54, 1.807) is 7.11 Å². The minimum Gasteiger partial charge on any atom is -0.497 e. The molecule has 3 aliphatic heterocycles. The first kappa shape index (κ1) is 17.9. The molecule has 6 atom stereocenters. The second kappa shape index (κ2) is 7.10. The van der Waals surface area contributed by atoms with Crippen LogP contribution in [0.3, 0.4) is 0 Å². The molecule has 0 spiro atoms. The first-order valence-electron chi connectivity index (χ1n) is 11.3. The molecule has 2 unspecified atom stereocenters. The molecule has 0 amide bonds. The van der Waals surface area contributed by atoms with E-state index in [4.69, 9.17) is 9.47 Å². The Bertz CT molecular complexity index is 883. The molecule has 4 heteroatoms. The first-order chi connectivity index (χ1) is 14.3. The lowest BCUT2D eigenvalue weighted by Crippen LogP contribution is -2.53. The molecular formula is C25H30N2O2. The number of methoxy groups -OCH3 is 1. The van der Waals surface area contributed by atoms with Gasteiger partial charge >= 0.3 is 0 Å². The van der Waals surface area contributed by atoms with Gasteiger partial charge in [-0.2, -0.15) is 0 Å². The Hall–Kier alpha value is -1.91. The largest absolute Gasteiger partial charge is 0.497 e. The molecule has 2 saturated heterocycles. The molecule has 29 heavy (non-hydrogen) atoms. The fraction of sp³-hybridized carbons (Fsp3) is 0.560. The van der Waals surface area contributed by atoms with Crippen molar-refractivity contribution in [3.8, 4) is 5.75 Å². The number of rotatable bonds is 3. The van der Waals surface area contributed by atoms with Crippen molar-refractivity contribution < 1.29 is 9.47 Å². The highest BCUT2D eigenvalue weighted by Gasteiger charge is 2.55. The Morgan fingerprint density at radius 2 is 1.90 bits per heavy atom. The highest BCUT2D eigenvalue weighted by atomic mass is 16.5. The third kappa shape index (κ3) is 2.76. The lowest BCUT2D eigenvalue weighted by molar-refractivity contribution is -0.0896. The van der Waals surface area contributed by atoms with Crippen molar-refractivity contribution in [2.75, 3.05) is 20.3 Å². The van der Waals surface area contributed by atoms with Crippen LogP contribution in [0, 0.1) is 11.8 Å². The van der Waals surface area contributed by atoms with Crippen molar-refractivity contribution in [2.45, 2.75) is 56.2 Å². The first-order valence-corrected chi connectivity index (χ1v) is 11.3. The molecule has 2 bridgehead atoms. The van der Waals surface area contributed by atoms with E-state index in [1.165, 1.54) is 48.8 Å². The van der Waals surface area contributed by atoms with E-state index in [-0.39, 0.29) is 6.23 Å². The third-order valence-corrected chi connectivity index (χ3v) is 8.15. The zero-order valence-electron chi connectivity index (χ0n) is 17.2. The van der Waals surface area contributed by atoms with Crippen molar-refractivity contribution >= 4 is 0 Å². The molecule has 4 nitrogen and oxygen atoms in total. The second-order valence-corrected chi connectivity index (χ2v) is 9.27. The summed E-state index contributed by atoms with van der Waals surface area (Å²) in [6.45, 7) is 1.94. The summed E-state index contributed by atoms with van der Waals surface area (Å²) >= 11 is 0. The SMILES string of the molecule is COc1ccc([C@@H]2CCCC[C@H]2C2C[C@H]3c4cnccc4[C@@H]2C2OCCN23)cc1. The molecule has 1 aromatic heterocycles. The summed E-state index contributed by atoms with van der Waals surface area (Å²) in [5, 5.41) is 0. The summed E-state index contributed by atoms with van der Waals surface area (Å²) in [7, 11) is 1.75. The summed E-state index contributed by atoms with van der Waals surface area (Å²) in [6, 6.07) is 11.6. The van der Waals surface area contributed by atoms with Crippen LogP contribution in [0.2, 0.25) is 0 Å². The summed E-state index contributed by atoms with van der Waals surface area (Å²) in [4.78, 5) is 7.09. The van der Waals surface area contributed by atoms with Gasteiger partial charge in [-0.05, 0) is 71.9 Å². The van der Waals surface area contributed by atoms with Crippen LogP contribution in [0.4, 0.5) is 0 Å². The van der Waals surface area contributed by atoms with E-state index in [0.29, 0.717) is 23.8 Å². The van der Waals surface area contributed by atoms with Crippen molar-refractivity contribution in [1.82, 2.24) is 9.88 Å². The van der Waals surface area contributed by atoms with Crippen molar-refractivity contribution in [1.29, 1.82) is 0 Å². The summed E-state index contributed by atoms with van der Waals surface area (Å²) in [5.74, 6) is 3.52. The summed E-state index contributed by atoms with van der Waals surface area (Å²) in [6.07, 6.45) is 11.0. The maximum atomic E-state index is 6.33. The molecule has 7 rings (SSSR count). The van der Waals surface area contributed by atoms with Gasteiger partial charge in [0.05, 0.1) is 13.7 Å². The maximum Gasteiger partial charge on any atom is 0.118 e. The molecule has 0 radical (unpaired) electrons. The molecule has 2 aliphatic carbocycles. The van der Waals surface area contributed by atoms with Crippen molar-refractivity contribution in [2.24, 2.45) is 11.8 Å². The zero-order valence-corrected chi connectivity index (χ0v) is 17.2. The minimum atomic E-state index is 0.270. The summed E-state index contributed by atoms with van der Waals surface area (Å²) < 4.78 is 11.7. The Morgan fingerprint density at radius 3 is 2.76 bits per heavy atom. The highest BCUT2D eigenvalue weighted by molar-refractivity contribution is 5.39. The van der Waals surface area contributed by atoms with Crippen LogP contribution in [0.15, 0.2) is 42.7 Å². The fourth-order valence-electron chi connectivity index (χ4n) is 6.96. The zero-order chi connectivity index (χ0) is 19.4. The van der Waals surface area contributed by atoms with Gasteiger partial charge in [-0.1, -0.05) is 25.0 Å². The Labute approximate surface area is 173 Å². The number of nitrogens with zero attached hydrogens (tertiary/aromatic N) is 2. The van der Waals surface area contributed by atoms with Gasteiger partial charge in [-0.15, -0.1) is 0 Å². The fourth-order valence-corrected chi connectivity index (χ4v) is 6.96. The molecule has 1 saturated carbocycles. The molecule has 1 aromatic carbocycles. The average molecular weight is 391 g/mol. The monoisotopic (exact) mass is 390 g/mol. The lowest BCUT2D eigenvalue weighted by atomic mass is 9.58. The molecule has 0 N–H and O–H groups in total. The van der Waals surface area contributed by atoms with Gasteiger partial charge in [-0.3, -0.25) is 9.88 Å². The number of aromatic nitrogens is 1. The molecule has 152 valence electrons. The molecule has 2 aromatic rings.